The number of carbonyl (C=O) groups is 3. The molecular weight excluding hydrogens is 442 g/mol. The van der Waals surface area contributed by atoms with Gasteiger partial charge in [0.05, 0.1) is 16.8 Å². The van der Waals surface area contributed by atoms with E-state index in [0.29, 0.717) is 39.1 Å². The van der Waals surface area contributed by atoms with Crippen LogP contribution >= 0.6 is 0 Å². The minimum absolute atomic E-state index is 0.184. The van der Waals surface area contributed by atoms with Crippen molar-refractivity contribution in [3.8, 4) is 11.3 Å². The maximum Gasteiger partial charge on any atom is 0.339 e. The van der Waals surface area contributed by atoms with Crippen molar-refractivity contribution in [3.63, 3.8) is 0 Å². The summed E-state index contributed by atoms with van der Waals surface area (Å²) in [4.78, 5) is 41.9. The summed E-state index contributed by atoms with van der Waals surface area (Å²) >= 11 is 0. The number of esters is 1. The van der Waals surface area contributed by atoms with E-state index in [0.717, 1.165) is 5.56 Å². The first-order chi connectivity index (χ1) is 16.8. The first-order valence-corrected chi connectivity index (χ1v) is 11.2. The van der Waals surface area contributed by atoms with Gasteiger partial charge in [-0.25, -0.2) is 9.78 Å². The van der Waals surface area contributed by atoms with Crippen LogP contribution in [0.3, 0.4) is 0 Å². The van der Waals surface area contributed by atoms with Crippen LogP contribution in [0.5, 0.6) is 0 Å². The van der Waals surface area contributed by atoms with E-state index in [9.17, 15) is 14.4 Å². The smallest absolute Gasteiger partial charge is 0.339 e. The third-order valence-electron chi connectivity index (χ3n) is 5.51. The molecule has 0 saturated heterocycles. The van der Waals surface area contributed by atoms with Crippen LogP contribution < -0.4 is 10.6 Å². The summed E-state index contributed by atoms with van der Waals surface area (Å²) in [6.07, 6.45) is -1.04. The molecule has 0 radical (unpaired) electrons. The Kier molecular flexibility index (Phi) is 6.87. The van der Waals surface area contributed by atoms with Gasteiger partial charge in [-0.1, -0.05) is 48.5 Å². The number of aromatic nitrogens is 1. The van der Waals surface area contributed by atoms with Crippen LogP contribution in [0.15, 0.2) is 78.9 Å². The van der Waals surface area contributed by atoms with Crippen LogP contribution in [-0.2, 0) is 14.3 Å². The molecule has 1 heterocycles. The van der Waals surface area contributed by atoms with Gasteiger partial charge in [0.25, 0.3) is 5.91 Å². The lowest BCUT2D eigenvalue weighted by Crippen LogP contribution is -2.30. The second-order valence-electron chi connectivity index (χ2n) is 8.14. The molecule has 0 aliphatic rings. The number of anilines is 2. The number of para-hydroxylation sites is 1. The van der Waals surface area contributed by atoms with Gasteiger partial charge in [-0.05, 0) is 49.7 Å². The Balaban J connectivity index is 1.56. The van der Waals surface area contributed by atoms with Gasteiger partial charge in [0.15, 0.2) is 6.10 Å². The topological polar surface area (TPSA) is 97.4 Å². The molecule has 2 N–H and O–H groups in total. The van der Waals surface area contributed by atoms with Crippen molar-refractivity contribution in [1.29, 1.82) is 0 Å². The zero-order valence-electron chi connectivity index (χ0n) is 19.7. The molecule has 0 saturated carbocycles. The van der Waals surface area contributed by atoms with Gasteiger partial charge in [0.2, 0.25) is 5.91 Å². The van der Waals surface area contributed by atoms with Gasteiger partial charge >= 0.3 is 5.97 Å². The first-order valence-electron chi connectivity index (χ1n) is 11.2. The maximum atomic E-state index is 13.3. The molecular formula is C28H25N3O4. The summed E-state index contributed by atoms with van der Waals surface area (Å²) in [7, 11) is 0. The van der Waals surface area contributed by atoms with Crippen molar-refractivity contribution < 1.29 is 19.1 Å². The van der Waals surface area contributed by atoms with E-state index in [1.807, 2.05) is 61.5 Å². The number of carbonyl (C=O) groups excluding carboxylic acids is 3. The quantitative estimate of drug-likeness (QED) is 0.373. The summed E-state index contributed by atoms with van der Waals surface area (Å²) in [6.45, 7) is 4.78. The van der Waals surface area contributed by atoms with E-state index < -0.39 is 18.0 Å². The fraction of sp³-hybridized carbons (Fsp3) is 0.143. The number of nitrogens with zero attached hydrogens (tertiary/aromatic N) is 1. The summed E-state index contributed by atoms with van der Waals surface area (Å²) in [5.41, 5.74) is 4.44. The van der Waals surface area contributed by atoms with Crippen LogP contribution in [0.1, 0.15) is 29.8 Å². The Morgan fingerprint density at radius 3 is 2.09 bits per heavy atom. The summed E-state index contributed by atoms with van der Waals surface area (Å²) in [5, 5.41) is 6.05. The maximum absolute atomic E-state index is 13.3. The second-order valence-corrected chi connectivity index (χ2v) is 8.14. The highest BCUT2D eigenvalue weighted by Gasteiger charge is 2.24. The molecule has 7 nitrogen and oxygen atoms in total. The highest BCUT2D eigenvalue weighted by Crippen LogP contribution is 2.30. The Morgan fingerprint density at radius 2 is 1.43 bits per heavy atom. The summed E-state index contributed by atoms with van der Waals surface area (Å²) in [6, 6.07) is 23.6. The van der Waals surface area contributed by atoms with Crippen molar-refractivity contribution in [2.75, 3.05) is 10.6 Å². The number of nitrogens with one attached hydrogen (secondary N) is 2. The fourth-order valence-corrected chi connectivity index (χ4v) is 3.80. The van der Waals surface area contributed by atoms with E-state index >= 15 is 0 Å². The third kappa shape index (κ3) is 5.35. The molecule has 1 aromatic heterocycles. The van der Waals surface area contributed by atoms with Gasteiger partial charge in [-0.15, -0.1) is 0 Å². The lowest BCUT2D eigenvalue weighted by molar-refractivity contribution is -0.123. The number of hydrogen-bond donors (Lipinski definition) is 2. The van der Waals surface area contributed by atoms with Gasteiger partial charge in [0, 0.05) is 29.2 Å². The van der Waals surface area contributed by atoms with Crippen LogP contribution in [-0.4, -0.2) is 28.9 Å². The first kappa shape index (κ1) is 23.6. The standard InChI is InChI=1S/C28H25N3O4/c1-17-25(23-11-7-8-12-24(23)31-26(17)20-9-5-4-6-10-20)28(34)35-18(2)27(33)30-22-15-13-21(14-16-22)29-19(3)32/h4-16,18H,1-3H3,(H,29,32)(H,30,33). The number of rotatable bonds is 6. The second kappa shape index (κ2) is 10.2. The van der Waals surface area contributed by atoms with Crippen molar-refractivity contribution in [3.05, 3.63) is 90.0 Å². The molecule has 4 aromatic rings. The molecule has 0 aliphatic carbocycles. The molecule has 176 valence electrons. The Labute approximate surface area is 203 Å². The molecule has 4 rings (SSSR count). The zero-order valence-corrected chi connectivity index (χ0v) is 19.7. The van der Waals surface area contributed by atoms with Crippen LogP contribution in [0.4, 0.5) is 11.4 Å². The molecule has 1 unspecified atom stereocenters. The third-order valence-corrected chi connectivity index (χ3v) is 5.51. The van der Waals surface area contributed by atoms with E-state index in [1.54, 1.807) is 24.3 Å². The van der Waals surface area contributed by atoms with Gasteiger partial charge in [-0.3, -0.25) is 9.59 Å². The number of benzene rings is 3. The van der Waals surface area contributed by atoms with E-state index in [2.05, 4.69) is 10.6 Å². The predicted octanol–water partition coefficient (Wildman–Crippen LogP) is 5.35. The van der Waals surface area contributed by atoms with Gasteiger partial charge < -0.3 is 15.4 Å². The summed E-state index contributed by atoms with van der Waals surface area (Å²) in [5.74, 6) is -1.25. The minimum Gasteiger partial charge on any atom is -0.449 e. The predicted molar refractivity (Wildman–Crippen MR) is 136 cm³/mol. The lowest BCUT2D eigenvalue weighted by Gasteiger charge is -2.17. The number of pyridine rings is 1. The van der Waals surface area contributed by atoms with Crippen molar-refractivity contribution in [2.24, 2.45) is 0 Å². The molecule has 0 aliphatic heterocycles. The van der Waals surface area contributed by atoms with Gasteiger partial charge in [-0.2, -0.15) is 0 Å². The molecule has 1 atom stereocenters. The number of amides is 2. The Bertz CT molecular complexity index is 1400. The normalized spacial score (nSPS) is 11.5. The molecule has 0 fully saturated rings. The average molecular weight is 468 g/mol. The molecule has 2 amide bonds. The van der Waals surface area contributed by atoms with Crippen molar-refractivity contribution in [1.82, 2.24) is 4.98 Å². The number of fused-ring (bicyclic) bond motifs is 1. The Hall–Kier alpha value is -4.52. The van der Waals surface area contributed by atoms with Gasteiger partial charge in [0.1, 0.15) is 0 Å². The largest absolute Gasteiger partial charge is 0.449 e. The van der Waals surface area contributed by atoms with Crippen LogP contribution in [0.25, 0.3) is 22.2 Å². The highest BCUT2D eigenvalue weighted by atomic mass is 16.5. The molecule has 7 heteroatoms. The van der Waals surface area contributed by atoms with Crippen LogP contribution in [0.2, 0.25) is 0 Å². The fourth-order valence-electron chi connectivity index (χ4n) is 3.80. The summed E-state index contributed by atoms with van der Waals surface area (Å²) < 4.78 is 5.59. The van der Waals surface area contributed by atoms with E-state index in [4.69, 9.17) is 9.72 Å². The molecule has 0 bridgehead atoms. The zero-order chi connectivity index (χ0) is 24.9. The van der Waals surface area contributed by atoms with Crippen molar-refractivity contribution >= 4 is 40.1 Å². The van der Waals surface area contributed by atoms with Crippen molar-refractivity contribution in [2.45, 2.75) is 26.9 Å². The van der Waals surface area contributed by atoms with Crippen LogP contribution in [0, 0.1) is 6.92 Å². The monoisotopic (exact) mass is 467 g/mol. The van der Waals surface area contributed by atoms with E-state index in [-0.39, 0.29) is 5.91 Å². The van der Waals surface area contributed by atoms with E-state index in [1.165, 1.54) is 13.8 Å². The lowest BCUT2D eigenvalue weighted by atomic mass is 9.98. The average Bonchev–Trinajstić information content (AvgIpc) is 2.85. The molecule has 35 heavy (non-hydrogen) atoms. The Morgan fingerprint density at radius 1 is 0.829 bits per heavy atom. The number of ether oxygens (including phenoxy) is 1. The molecule has 3 aromatic carbocycles. The highest BCUT2D eigenvalue weighted by molar-refractivity contribution is 6.07. The molecule has 0 spiro atoms. The number of hydrogen-bond acceptors (Lipinski definition) is 5. The minimum atomic E-state index is -1.04. The SMILES string of the molecule is CC(=O)Nc1ccc(NC(=O)C(C)OC(=O)c2c(C)c(-c3ccccc3)nc3ccccc23)cc1.